The number of hydrogen-bond acceptors (Lipinski definition) is 4. The molecular weight excluding hydrogens is 298 g/mol. The molecule has 0 aromatic carbocycles. The van der Waals surface area contributed by atoms with Gasteiger partial charge in [0.25, 0.3) is 0 Å². The highest BCUT2D eigenvalue weighted by Gasteiger charge is 2.19. The van der Waals surface area contributed by atoms with E-state index >= 15 is 0 Å². The lowest BCUT2D eigenvalue weighted by atomic mass is 10.4. The number of alkyl halides is 1. The van der Waals surface area contributed by atoms with Crippen molar-refractivity contribution in [1.29, 1.82) is 0 Å². The minimum absolute atomic E-state index is 0.0913. The van der Waals surface area contributed by atoms with E-state index in [1.54, 1.807) is 18.3 Å². The number of sulfonamides is 1. The first-order valence-corrected chi connectivity index (χ1v) is 9.07. The molecule has 2 rings (SSSR count). The molecule has 1 saturated heterocycles. The molecule has 1 aliphatic heterocycles. The zero-order chi connectivity index (χ0) is 14.4. The van der Waals surface area contributed by atoms with Crippen molar-refractivity contribution < 1.29 is 8.42 Å². The third-order valence-corrected chi connectivity index (χ3v) is 4.88. The number of anilines is 2. The number of rotatable bonds is 7. The molecule has 1 N–H and O–H groups in total. The number of pyridine rings is 1. The van der Waals surface area contributed by atoms with Crippen molar-refractivity contribution in [2.45, 2.75) is 25.7 Å². The zero-order valence-corrected chi connectivity index (χ0v) is 13.0. The molecule has 1 aromatic heterocycles. The summed E-state index contributed by atoms with van der Waals surface area (Å²) in [7, 11) is -3.33. The standard InChI is InChI=1S/C13H20ClN3O2S/c14-7-1-4-11-20(18,19)16-12-6-5-8-15-13(12)17-9-2-3-10-17/h5-6,8,16H,1-4,7,9-11H2. The first-order chi connectivity index (χ1) is 9.62. The van der Waals surface area contributed by atoms with E-state index < -0.39 is 10.0 Å². The van der Waals surface area contributed by atoms with E-state index in [1.807, 2.05) is 0 Å². The first-order valence-electron chi connectivity index (χ1n) is 6.89. The van der Waals surface area contributed by atoms with Gasteiger partial charge < -0.3 is 4.90 Å². The second-order valence-corrected chi connectivity index (χ2v) is 7.11. The predicted molar refractivity (Wildman–Crippen MR) is 83.0 cm³/mol. The van der Waals surface area contributed by atoms with Gasteiger partial charge >= 0.3 is 0 Å². The number of nitrogens with one attached hydrogen (secondary N) is 1. The summed E-state index contributed by atoms with van der Waals surface area (Å²) >= 11 is 5.57. The predicted octanol–water partition coefficient (Wildman–Crippen LogP) is 2.44. The van der Waals surface area contributed by atoms with Gasteiger partial charge in [0.15, 0.2) is 5.82 Å². The summed E-state index contributed by atoms with van der Waals surface area (Å²) in [5, 5.41) is 0. The number of unbranched alkanes of at least 4 members (excludes halogenated alkanes) is 1. The van der Waals surface area contributed by atoms with E-state index in [1.165, 1.54) is 0 Å². The van der Waals surface area contributed by atoms with Gasteiger partial charge in [-0.1, -0.05) is 0 Å². The Hall–Kier alpha value is -1.01. The Balaban J connectivity index is 2.08. The van der Waals surface area contributed by atoms with E-state index in [4.69, 9.17) is 11.6 Å². The fraction of sp³-hybridized carbons (Fsp3) is 0.615. The van der Waals surface area contributed by atoms with Gasteiger partial charge in [-0.25, -0.2) is 13.4 Å². The van der Waals surface area contributed by atoms with Gasteiger partial charge in [0, 0.05) is 25.2 Å². The van der Waals surface area contributed by atoms with Gasteiger partial charge in [-0.05, 0) is 37.8 Å². The molecule has 7 heteroatoms. The highest BCUT2D eigenvalue weighted by atomic mass is 35.5. The van der Waals surface area contributed by atoms with Crippen molar-refractivity contribution in [2.24, 2.45) is 0 Å². The third kappa shape index (κ3) is 4.24. The van der Waals surface area contributed by atoms with E-state index in [2.05, 4.69) is 14.6 Å². The second-order valence-electron chi connectivity index (χ2n) is 4.89. The summed E-state index contributed by atoms with van der Waals surface area (Å²) in [5.41, 5.74) is 0.570. The molecule has 0 bridgehead atoms. The van der Waals surface area contributed by atoms with Crippen LogP contribution in [0.15, 0.2) is 18.3 Å². The molecule has 0 aliphatic carbocycles. The van der Waals surface area contributed by atoms with Gasteiger partial charge in [0.05, 0.1) is 11.4 Å². The van der Waals surface area contributed by atoms with E-state index in [9.17, 15) is 8.42 Å². The van der Waals surface area contributed by atoms with Crippen molar-refractivity contribution in [2.75, 3.05) is 34.3 Å². The quantitative estimate of drug-likeness (QED) is 0.620. The molecule has 0 unspecified atom stereocenters. The molecule has 1 aliphatic rings. The Morgan fingerprint density at radius 3 is 2.75 bits per heavy atom. The van der Waals surface area contributed by atoms with Crippen LogP contribution in [0.5, 0.6) is 0 Å². The molecule has 0 amide bonds. The van der Waals surface area contributed by atoms with Crippen LogP contribution in [0, 0.1) is 0 Å². The van der Waals surface area contributed by atoms with Crippen molar-refractivity contribution >= 4 is 33.1 Å². The van der Waals surface area contributed by atoms with Gasteiger partial charge in [0.2, 0.25) is 10.0 Å². The SMILES string of the molecule is O=S(=O)(CCCCCl)Nc1cccnc1N1CCCC1. The Kier molecular flexibility index (Phi) is 5.48. The molecule has 0 spiro atoms. The Morgan fingerprint density at radius 1 is 1.30 bits per heavy atom. The lowest BCUT2D eigenvalue weighted by molar-refractivity contribution is 0.598. The molecule has 2 heterocycles. The van der Waals surface area contributed by atoms with E-state index in [0.29, 0.717) is 24.4 Å². The van der Waals surface area contributed by atoms with Crippen LogP contribution in [0.1, 0.15) is 25.7 Å². The number of halogens is 1. The van der Waals surface area contributed by atoms with Crippen LogP contribution < -0.4 is 9.62 Å². The van der Waals surface area contributed by atoms with Gasteiger partial charge in [0.1, 0.15) is 0 Å². The van der Waals surface area contributed by atoms with Crippen LogP contribution in [-0.4, -0.2) is 38.1 Å². The monoisotopic (exact) mass is 317 g/mol. The smallest absolute Gasteiger partial charge is 0.232 e. The zero-order valence-electron chi connectivity index (χ0n) is 11.4. The van der Waals surface area contributed by atoms with Gasteiger partial charge in [-0.2, -0.15) is 0 Å². The fourth-order valence-electron chi connectivity index (χ4n) is 2.26. The summed E-state index contributed by atoms with van der Waals surface area (Å²) < 4.78 is 26.7. The Bertz CT molecular complexity index is 530. The fourth-order valence-corrected chi connectivity index (χ4v) is 3.63. The van der Waals surface area contributed by atoms with Crippen LogP contribution in [-0.2, 0) is 10.0 Å². The molecule has 5 nitrogen and oxygen atoms in total. The summed E-state index contributed by atoms with van der Waals surface area (Å²) in [6.45, 7) is 1.86. The van der Waals surface area contributed by atoms with Crippen molar-refractivity contribution in [1.82, 2.24) is 4.98 Å². The summed E-state index contributed by atoms with van der Waals surface area (Å²) in [6.07, 6.45) is 5.21. The Labute approximate surface area is 125 Å². The van der Waals surface area contributed by atoms with Crippen LogP contribution in [0.4, 0.5) is 11.5 Å². The minimum Gasteiger partial charge on any atom is -0.355 e. The maximum atomic E-state index is 12.0. The van der Waals surface area contributed by atoms with Gasteiger partial charge in [-0.15, -0.1) is 11.6 Å². The summed E-state index contributed by atoms with van der Waals surface area (Å²) in [6, 6.07) is 3.51. The summed E-state index contributed by atoms with van der Waals surface area (Å²) in [4.78, 5) is 6.44. The molecule has 20 heavy (non-hydrogen) atoms. The average molecular weight is 318 g/mol. The maximum Gasteiger partial charge on any atom is 0.232 e. The largest absolute Gasteiger partial charge is 0.355 e. The van der Waals surface area contributed by atoms with Gasteiger partial charge in [-0.3, -0.25) is 4.72 Å². The number of nitrogens with zero attached hydrogens (tertiary/aromatic N) is 2. The van der Waals surface area contributed by atoms with Crippen LogP contribution in [0.2, 0.25) is 0 Å². The van der Waals surface area contributed by atoms with Crippen molar-refractivity contribution in [3.63, 3.8) is 0 Å². The molecule has 0 saturated carbocycles. The first kappa shape index (κ1) is 15.4. The van der Waals surface area contributed by atoms with Crippen LogP contribution in [0.25, 0.3) is 0 Å². The maximum absolute atomic E-state index is 12.0. The molecular formula is C13H20ClN3O2S. The van der Waals surface area contributed by atoms with Crippen molar-refractivity contribution in [3.05, 3.63) is 18.3 Å². The molecule has 0 radical (unpaired) electrons. The second kappa shape index (κ2) is 7.13. The topological polar surface area (TPSA) is 62.3 Å². The van der Waals surface area contributed by atoms with Crippen molar-refractivity contribution in [3.8, 4) is 0 Å². The van der Waals surface area contributed by atoms with E-state index in [0.717, 1.165) is 31.7 Å². The van der Waals surface area contributed by atoms with E-state index in [-0.39, 0.29) is 5.75 Å². The Morgan fingerprint density at radius 2 is 2.05 bits per heavy atom. The molecule has 1 aromatic rings. The average Bonchev–Trinajstić information content (AvgIpc) is 2.93. The third-order valence-electron chi connectivity index (χ3n) is 3.25. The number of hydrogen-bond donors (Lipinski definition) is 1. The normalized spacial score (nSPS) is 15.6. The number of aromatic nitrogens is 1. The highest BCUT2D eigenvalue weighted by Crippen LogP contribution is 2.26. The summed E-state index contributed by atoms with van der Waals surface area (Å²) in [5.74, 6) is 1.31. The lowest BCUT2D eigenvalue weighted by Crippen LogP contribution is -2.23. The van der Waals surface area contributed by atoms with Crippen LogP contribution >= 0.6 is 11.6 Å². The molecule has 0 atom stereocenters. The molecule has 1 fully saturated rings. The lowest BCUT2D eigenvalue weighted by Gasteiger charge is -2.20. The molecule has 112 valence electrons. The highest BCUT2D eigenvalue weighted by molar-refractivity contribution is 7.92. The van der Waals surface area contributed by atoms with Crippen LogP contribution in [0.3, 0.4) is 0 Å². The minimum atomic E-state index is -3.33.